The van der Waals surface area contributed by atoms with E-state index >= 15 is 0 Å². The van der Waals surface area contributed by atoms with Gasteiger partial charge in [-0.3, -0.25) is 14.7 Å². The second-order valence-electron chi connectivity index (χ2n) is 3.99. The van der Waals surface area contributed by atoms with Crippen molar-refractivity contribution in [2.75, 3.05) is 12.9 Å². The van der Waals surface area contributed by atoms with Gasteiger partial charge < -0.3 is 4.74 Å². The van der Waals surface area contributed by atoms with E-state index in [0.717, 1.165) is 0 Å². The molecule has 0 unspecified atom stereocenters. The van der Waals surface area contributed by atoms with Gasteiger partial charge in [0, 0.05) is 5.56 Å². The van der Waals surface area contributed by atoms with E-state index in [1.807, 2.05) is 0 Å². The zero-order valence-corrected chi connectivity index (χ0v) is 11.2. The Morgan fingerprint density at radius 3 is 2.58 bits per heavy atom. The highest BCUT2D eigenvalue weighted by Gasteiger charge is 2.15. The van der Waals surface area contributed by atoms with E-state index in [0.29, 0.717) is 24.2 Å². The summed E-state index contributed by atoms with van der Waals surface area (Å²) in [5.74, 6) is 0.0603. The Labute approximate surface area is 111 Å². The molecule has 0 radical (unpaired) electrons. The Morgan fingerprint density at radius 1 is 1.37 bits per heavy atom. The maximum absolute atomic E-state index is 10.9. The molecule has 1 aromatic rings. The molecule has 0 bridgehead atoms. The molecule has 1 aromatic carbocycles. The maximum atomic E-state index is 10.9. The molecule has 7 nitrogen and oxygen atoms in total. The van der Waals surface area contributed by atoms with Gasteiger partial charge >= 0.3 is 0 Å². The summed E-state index contributed by atoms with van der Waals surface area (Å²) in [7, 11) is -2.55. The van der Waals surface area contributed by atoms with Crippen LogP contribution in [0.25, 0.3) is 0 Å². The SMILES string of the molecule is COc1ccc(CCCCS(=O)(=O)O)c([N+](=O)[O-])c1. The van der Waals surface area contributed by atoms with Gasteiger partial charge in [-0.1, -0.05) is 0 Å². The number of benzene rings is 1. The average Bonchev–Trinajstić information content (AvgIpc) is 2.33. The molecule has 0 fully saturated rings. The molecule has 1 N–H and O–H groups in total. The Kier molecular flexibility index (Phi) is 5.25. The quantitative estimate of drug-likeness (QED) is 0.355. The number of hydrogen-bond donors (Lipinski definition) is 1. The number of rotatable bonds is 7. The normalized spacial score (nSPS) is 11.3. The minimum Gasteiger partial charge on any atom is -0.497 e. The lowest BCUT2D eigenvalue weighted by atomic mass is 10.1. The summed E-state index contributed by atoms with van der Waals surface area (Å²) < 4.78 is 34.6. The highest BCUT2D eigenvalue weighted by atomic mass is 32.2. The highest BCUT2D eigenvalue weighted by molar-refractivity contribution is 7.85. The zero-order valence-electron chi connectivity index (χ0n) is 10.4. The topological polar surface area (TPSA) is 107 Å². The van der Waals surface area contributed by atoms with E-state index in [4.69, 9.17) is 9.29 Å². The number of ether oxygens (including phenoxy) is 1. The van der Waals surface area contributed by atoms with Crippen LogP contribution in [-0.2, 0) is 16.5 Å². The van der Waals surface area contributed by atoms with Crippen LogP contribution in [-0.4, -0.2) is 30.8 Å². The summed E-state index contributed by atoms with van der Waals surface area (Å²) >= 11 is 0. The van der Waals surface area contributed by atoms with Crippen molar-refractivity contribution < 1.29 is 22.6 Å². The Morgan fingerprint density at radius 2 is 2.05 bits per heavy atom. The van der Waals surface area contributed by atoms with E-state index in [9.17, 15) is 18.5 Å². The van der Waals surface area contributed by atoms with Gasteiger partial charge in [0.1, 0.15) is 5.75 Å². The third kappa shape index (κ3) is 5.23. The number of unbranched alkanes of at least 4 members (excludes halogenated alkanes) is 1. The van der Waals surface area contributed by atoms with Crippen molar-refractivity contribution in [1.82, 2.24) is 0 Å². The molecule has 106 valence electrons. The van der Waals surface area contributed by atoms with Gasteiger partial charge in [0.05, 0.1) is 23.9 Å². The van der Waals surface area contributed by atoms with Gasteiger partial charge in [-0.2, -0.15) is 8.42 Å². The Balaban J connectivity index is 2.70. The van der Waals surface area contributed by atoms with Crippen LogP contribution in [0.5, 0.6) is 5.75 Å². The summed E-state index contributed by atoms with van der Waals surface area (Å²) in [6.45, 7) is 0. The predicted octanol–water partition coefficient (Wildman–Crippen LogP) is 1.81. The molecule has 0 saturated carbocycles. The van der Waals surface area contributed by atoms with Crippen LogP contribution < -0.4 is 4.74 Å². The first-order chi connectivity index (χ1) is 8.83. The van der Waals surface area contributed by atoms with Crippen molar-refractivity contribution in [1.29, 1.82) is 0 Å². The van der Waals surface area contributed by atoms with E-state index in [1.54, 1.807) is 12.1 Å². The molecule has 0 saturated heterocycles. The van der Waals surface area contributed by atoms with Crippen LogP contribution in [0.3, 0.4) is 0 Å². The van der Waals surface area contributed by atoms with Crippen molar-refractivity contribution in [2.24, 2.45) is 0 Å². The molecule has 8 heteroatoms. The molecule has 1 rings (SSSR count). The fourth-order valence-electron chi connectivity index (χ4n) is 1.65. The largest absolute Gasteiger partial charge is 0.497 e. The van der Waals surface area contributed by atoms with Crippen LogP contribution in [0, 0.1) is 10.1 Å². The first kappa shape index (κ1) is 15.4. The molecule has 0 spiro atoms. The Hall–Kier alpha value is -1.67. The van der Waals surface area contributed by atoms with Gasteiger partial charge in [0.2, 0.25) is 0 Å². The number of nitro groups is 1. The summed E-state index contributed by atoms with van der Waals surface area (Å²) in [6.07, 6.45) is 1.06. The molecular weight excluding hydrogens is 274 g/mol. The van der Waals surface area contributed by atoms with Gasteiger partial charge in [-0.25, -0.2) is 0 Å². The summed E-state index contributed by atoms with van der Waals surface area (Å²) in [5, 5.41) is 10.9. The predicted molar refractivity (Wildman–Crippen MR) is 69.0 cm³/mol. The van der Waals surface area contributed by atoms with Crippen molar-refractivity contribution >= 4 is 15.8 Å². The third-order valence-corrected chi connectivity index (χ3v) is 3.39. The second kappa shape index (κ2) is 6.48. The summed E-state index contributed by atoms with van der Waals surface area (Å²) in [6, 6.07) is 4.54. The summed E-state index contributed by atoms with van der Waals surface area (Å²) in [5.41, 5.74) is 0.465. The van der Waals surface area contributed by atoms with E-state index < -0.39 is 15.0 Å². The van der Waals surface area contributed by atoms with Gasteiger partial charge in [0.25, 0.3) is 15.8 Å². The maximum Gasteiger partial charge on any atom is 0.276 e. The van der Waals surface area contributed by atoms with Crippen LogP contribution in [0.2, 0.25) is 0 Å². The van der Waals surface area contributed by atoms with Crippen LogP contribution in [0.4, 0.5) is 5.69 Å². The molecule has 0 aliphatic heterocycles. The van der Waals surface area contributed by atoms with Gasteiger partial charge in [-0.15, -0.1) is 0 Å². The van der Waals surface area contributed by atoms with E-state index in [2.05, 4.69) is 0 Å². The fourth-order valence-corrected chi connectivity index (χ4v) is 2.22. The molecule has 0 aliphatic carbocycles. The Bertz CT molecular complexity index is 554. The number of hydrogen-bond acceptors (Lipinski definition) is 5. The minimum atomic E-state index is -3.97. The number of aryl methyl sites for hydroxylation is 1. The van der Waals surface area contributed by atoms with Gasteiger partial charge in [0.15, 0.2) is 0 Å². The van der Waals surface area contributed by atoms with Crippen LogP contribution in [0.1, 0.15) is 18.4 Å². The molecule has 0 aliphatic rings. The molecule has 0 amide bonds. The minimum absolute atomic E-state index is 0.0498. The van der Waals surface area contributed by atoms with E-state index in [-0.39, 0.29) is 17.9 Å². The van der Waals surface area contributed by atoms with Crippen molar-refractivity contribution in [3.63, 3.8) is 0 Å². The lowest BCUT2D eigenvalue weighted by Crippen LogP contribution is -2.04. The van der Waals surface area contributed by atoms with Crippen molar-refractivity contribution in [3.8, 4) is 5.75 Å². The average molecular weight is 289 g/mol. The highest BCUT2D eigenvalue weighted by Crippen LogP contribution is 2.25. The number of nitrogens with zero attached hydrogens (tertiary/aromatic N) is 1. The monoisotopic (exact) mass is 289 g/mol. The van der Waals surface area contributed by atoms with E-state index in [1.165, 1.54) is 13.2 Å². The molecular formula is C11H15NO6S. The smallest absolute Gasteiger partial charge is 0.276 e. The number of methoxy groups -OCH3 is 1. The lowest BCUT2D eigenvalue weighted by Gasteiger charge is -2.05. The molecule has 0 atom stereocenters. The third-order valence-electron chi connectivity index (χ3n) is 2.59. The van der Waals surface area contributed by atoms with Crippen molar-refractivity contribution in [2.45, 2.75) is 19.3 Å². The molecule has 0 heterocycles. The first-order valence-electron chi connectivity index (χ1n) is 5.60. The standard InChI is InChI=1S/C11H15NO6S/c1-18-10-6-5-9(11(8-10)12(13)14)4-2-3-7-19(15,16)17/h5-6,8H,2-4,7H2,1H3,(H,15,16,17). The number of nitro benzene ring substituents is 1. The second-order valence-corrected chi connectivity index (χ2v) is 5.57. The molecule has 19 heavy (non-hydrogen) atoms. The first-order valence-corrected chi connectivity index (χ1v) is 7.21. The molecule has 0 aromatic heterocycles. The summed E-state index contributed by atoms with van der Waals surface area (Å²) in [4.78, 5) is 10.4. The van der Waals surface area contributed by atoms with Crippen LogP contribution in [0.15, 0.2) is 18.2 Å². The van der Waals surface area contributed by atoms with Crippen LogP contribution >= 0.6 is 0 Å². The fraction of sp³-hybridized carbons (Fsp3) is 0.455. The lowest BCUT2D eigenvalue weighted by molar-refractivity contribution is -0.385. The zero-order chi connectivity index (χ0) is 14.5. The van der Waals surface area contributed by atoms with Gasteiger partial charge in [-0.05, 0) is 31.4 Å². The van der Waals surface area contributed by atoms with Crippen molar-refractivity contribution in [3.05, 3.63) is 33.9 Å².